The standard InChI is InChI=1S/C20H32N4O9S/c1-24(8-14(25)21-11(19(30)31)9-33-17(29)7-6-16(27)28)15(26)5-3-2-4-13-18-12(10-34-13)22-20(32)23-18/h11-13,16,18,27-28H,2-10H2,1H3,(H,21,25)(H,30,31)(H2,22,23,32)/p+1. The van der Waals surface area contributed by atoms with Gasteiger partial charge in [0.05, 0.1) is 25.0 Å². The fourth-order valence-electron chi connectivity index (χ4n) is 3.68. The van der Waals surface area contributed by atoms with E-state index in [4.69, 9.17) is 20.1 Å². The second-order valence-electron chi connectivity index (χ2n) is 8.30. The second-order valence-corrected chi connectivity index (χ2v) is 9.58. The molecule has 4 unspecified atom stereocenters. The molecule has 2 heterocycles. The first-order valence-corrected chi connectivity index (χ1v) is 12.1. The topological polar surface area (TPSA) is 197 Å². The Hall–Kier alpha value is -2.58. The van der Waals surface area contributed by atoms with Crippen LogP contribution in [0.15, 0.2) is 0 Å². The summed E-state index contributed by atoms with van der Waals surface area (Å²) in [5.74, 6) is -2.03. The van der Waals surface area contributed by atoms with Gasteiger partial charge in [0.15, 0.2) is 6.29 Å². The maximum Gasteiger partial charge on any atom is 0.542 e. The van der Waals surface area contributed by atoms with Crippen LogP contribution in [0.5, 0.6) is 0 Å². The summed E-state index contributed by atoms with van der Waals surface area (Å²) in [5.41, 5.74) is 0. The molecule has 0 bridgehead atoms. The lowest BCUT2D eigenvalue weighted by atomic mass is 10.0. The van der Waals surface area contributed by atoms with Gasteiger partial charge in [-0.1, -0.05) is 6.42 Å². The van der Waals surface area contributed by atoms with Crippen molar-refractivity contribution < 1.29 is 44.0 Å². The minimum Gasteiger partial charge on any atom is -0.563 e. The number of hydrogen-bond donors (Lipinski definition) is 5. The summed E-state index contributed by atoms with van der Waals surface area (Å²) < 4.78 is 4.78. The number of carbonyl (C=O) groups is 5. The first-order chi connectivity index (χ1) is 16.1. The number of ether oxygens (including phenoxy) is 1. The number of nitrogens with one attached hydrogen (secondary N) is 3. The molecule has 14 heteroatoms. The number of hydrogen-bond acceptors (Lipinski definition) is 9. The minimum absolute atomic E-state index is 0.118. The maximum atomic E-state index is 12.3. The van der Waals surface area contributed by atoms with Gasteiger partial charge in [-0.25, -0.2) is 4.79 Å². The van der Waals surface area contributed by atoms with Crippen LogP contribution >= 0.6 is 11.8 Å². The van der Waals surface area contributed by atoms with Gasteiger partial charge in [-0.3, -0.25) is 14.4 Å². The lowest BCUT2D eigenvalue weighted by Crippen LogP contribution is -2.48. The zero-order valence-electron chi connectivity index (χ0n) is 19.0. The number of amides is 4. The van der Waals surface area contributed by atoms with Crippen molar-refractivity contribution >= 4 is 41.5 Å². The van der Waals surface area contributed by atoms with Crippen LogP contribution in [-0.2, 0) is 23.9 Å². The number of likely N-dealkylation sites (N-methyl/N-ethyl adjacent to an activating group) is 1. The van der Waals surface area contributed by atoms with Crippen molar-refractivity contribution in [2.45, 2.75) is 68.2 Å². The smallest absolute Gasteiger partial charge is 0.542 e. The number of nitrogens with zero attached hydrogens (tertiary/aromatic N) is 1. The van der Waals surface area contributed by atoms with E-state index in [-0.39, 0.29) is 49.8 Å². The molecule has 2 fully saturated rings. The Morgan fingerprint density at radius 1 is 1.24 bits per heavy atom. The number of rotatable bonds is 14. The first kappa shape index (κ1) is 27.7. The van der Waals surface area contributed by atoms with Crippen LogP contribution in [0, 0.1) is 0 Å². The van der Waals surface area contributed by atoms with Gasteiger partial charge in [0, 0.05) is 35.7 Å². The van der Waals surface area contributed by atoms with Crippen molar-refractivity contribution in [3.63, 3.8) is 0 Å². The summed E-state index contributed by atoms with van der Waals surface area (Å²) in [6, 6.07) is -1.25. The zero-order chi connectivity index (χ0) is 25.3. The second kappa shape index (κ2) is 13.3. The molecule has 0 saturated carbocycles. The van der Waals surface area contributed by atoms with Crippen molar-refractivity contribution in [2.75, 3.05) is 26.0 Å². The van der Waals surface area contributed by atoms with Crippen LogP contribution in [0.4, 0.5) is 4.79 Å². The number of aliphatic hydroxyl groups is 2. The summed E-state index contributed by atoms with van der Waals surface area (Å²) >= 11 is 1.81. The molecule has 0 radical (unpaired) electrons. The Bertz CT molecular complexity index is 766. The molecule has 0 aliphatic carbocycles. The van der Waals surface area contributed by atoms with Gasteiger partial charge in [-0.15, -0.1) is 0 Å². The number of unbranched alkanes of at least 4 members (excludes halogenated alkanes) is 1. The number of thioether (sulfide) groups is 1. The van der Waals surface area contributed by atoms with E-state index in [1.54, 1.807) is 11.8 Å². The van der Waals surface area contributed by atoms with Crippen LogP contribution in [0.2, 0.25) is 0 Å². The van der Waals surface area contributed by atoms with E-state index in [1.807, 2.05) is 0 Å². The SMILES string of the molecule is CN(CC(=O)NC(COC(=O)CCC(O)O)C(=O)[OH2+])C(=O)CCCCC1SCC2NC(=O)NC21. The molecule has 0 aromatic carbocycles. The van der Waals surface area contributed by atoms with Crippen LogP contribution in [0.25, 0.3) is 0 Å². The molecule has 2 aliphatic heterocycles. The van der Waals surface area contributed by atoms with Crippen LogP contribution in [0.1, 0.15) is 38.5 Å². The van der Waals surface area contributed by atoms with Gasteiger partial charge in [-0.05, 0) is 12.8 Å². The molecule has 4 atom stereocenters. The van der Waals surface area contributed by atoms with Gasteiger partial charge in [-0.2, -0.15) is 11.8 Å². The summed E-state index contributed by atoms with van der Waals surface area (Å²) in [6.45, 7) is -0.893. The third-order valence-corrected chi connectivity index (χ3v) is 7.05. The van der Waals surface area contributed by atoms with Gasteiger partial charge >= 0.3 is 18.0 Å². The highest BCUT2D eigenvalue weighted by Gasteiger charge is 2.42. The van der Waals surface area contributed by atoms with E-state index in [0.29, 0.717) is 11.7 Å². The average Bonchev–Trinajstić information content (AvgIpc) is 3.31. The number of carbonyl (C=O) groups excluding carboxylic acids is 5. The molecule has 34 heavy (non-hydrogen) atoms. The Morgan fingerprint density at radius 3 is 2.65 bits per heavy atom. The molecule has 2 saturated heterocycles. The molecule has 13 nitrogen and oxygen atoms in total. The molecular formula is C20H33N4O9S+. The molecule has 2 aliphatic rings. The highest BCUT2D eigenvalue weighted by atomic mass is 32.2. The van der Waals surface area contributed by atoms with Crippen LogP contribution in [0.3, 0.4) is 0 Å². The van der Waals surface area contributed by atoms with E-state index in [9.17, 15) is 24.0 Å². The highest BCUT2D eigenvalue weighted by molar-refractivity contribution is 8.00. The maximum absolute atomic E-state index is 12.3. The number of fused-ring (bicyclic) bond motifs is 1. The Morgan fingerprint density at radius 2 is 1.97 bits per heavy atom. The van der Waals surface area contributed by atoms with E-state index < -0.39 is 36.8 Å². The fourth-order valence-corrected chi connectivity index (χ4v) is 5.22. The summed E-state index contributed by atoms with van der Waals surface area (Å²) in [5, 5.41) is 33.1. The van der Waals surface area contributed by atoms with E-state index in [1.165, 1.54) is 11.9 Å². The molecule has 0 aromatic heterocycles. The van der Waals surface area contributed by atoms with Gasteiger partial charge in [0.25, 0.3) is 0 Å². The monoisotopic (exact) mass is 505 g/mol. The Balaban J connectivity index is 1.64. The van der Waals surface area contributed by atoms with Gasteiger partial charge < -0.3 is 40.9 Å². The summed E-state index contributed by atoms with van der Waals surface area (Å²) in [4.78, 5) is 60.1. The van der Waals surface area contributed by atoms with E-state index >= 15 is 0 Å². The van der Waals surface area contributed by atoms with Crippen molar-refractivity contribution in [3.05, 3.63) is 0 Å². The Labute approximate surface area is 200 Å². The quantitative estimate of drug-likeness (QED) is 0.0559. The summed E-state index contributed by atoms with van der Waals surface area (Å²) in [7, 11) is 1.46. The number of urea groups is 1. The number of esters is 1. The molecule has 0 spiro atoms. The van der Waals surface area contributed by atoms with Crippen LogP contribution < -0.4 is 16.0 Å². The molecule has 192 valence electrons. The highest BCUT2D eigenvalue weighted by Crippen LogP contribution is 2.33. The predicted molar refractivity (Wildman–Crippen MR) is 121 cm³/mol. The minimum atomic E-state index is -1.67. The lowest BCUT2D eigenvalue weighted by Gasteiger charge is -2.19. The average molecular weight is 506 g/mol. The molecular weight excluding hydrogens is 472 g/mol. The fraction of sp³-hybridized carbons (Fsp3) is 0.750. The van der Waals surface area contributed by atoms with Gasteiger partial charge in [0.2, 0.25) is 17.9 Å². The van der Waals surface area contributed by atoms with E-state index in [2.05, 4.69) is 16.0 Å². The third kappa shape index (κ3) is 8.99. The number of aliphatic hydroxyl groups excluding tert-OH is 1. The zero-order valence-corrected chi connectivity index (χ0v) is 19.8. The summed E-state index contributed by atoms with van der Waals surface area (Å²) in [6.07, 6.45) is 0.336. The van der Waals surface area contributed by atoms with E-state index in [0.717, 1.165) is 18.6 Å². The van der Waals surface area contributed by atoms with Crippen molar-refractivity contribution in [3.8, 4) is 0 Å². The molecule has 2 rings (SSSR count). The van der Waals surface area contributed by atoms with Crippen LogP contribution in [-0.4, -0.2) is 106 Å². The molecule has 4 amide bonds. The normalized spacial score (nSPS) is 21.9. The van der Waals surface area contributed by atoms with Crippen molar-refractivity contribution in [1.29, 1.82) is 0 Å². The third-order valence-electron chi connectivity index (χ3n) is 5.54. The molecule has 7 N–H and O–H groups in total. The van der Waals surface area contributed by atoms with Crippen molar-refractivity contribution in [2.24, 2.45) is 0 Å². The predicted octanol–water partition coefficient (Wildman–Crippen LogP) is -2.46. The first-order valence-electron chi connectivity index (χ1n) is 11.1. The van der Waals surface area contributed by atoms with Gasteiger partial charge in [0.1, 0.15) is 6.61 Å². The largest absolute Gasteiger partial charge is 0.563 e. The lowest BCUT2D eigenvalue weighted by molar-refractivity contribution is -0.152. The Kier molecular flexibility index (Phi) is 10.9. The molecule has 0 aromatic rings. The van der Waals surface area contributed by atoms with Crippen molar-refractivity contribution in [1.82, 2.24) is 20.9 Å².